The summed E-state index contributed by atoms with van der Waals surface area (Å²) in [5, 5.41) is 0. The van der Waals surface area contributed by atoms with E-state index < -0.39 is 0 Å². The lowest BCUT2D eigenvalue weighted by Crippen LogP contribution is -2.51. The second-order valence-corrected chi connectivity index (χ2v) is 5.15. The van der Waals surface area contributed by atoms with E-state index in [-0.39, 0.29) is 5.60 Å². The molecule has 0 radical (unpaired) electrons. The topological polar surface area (TPSA) is 38.5 Å². The minimum atomic E-state index is 0.278. The molecule has 1 saturated heterocycles. The number of hydrogen-bond donors (Lipinski definition) is 1. The van der Waals surface area contributed by atoms with Gasteiger partial charge in [-0.05, 0) is 58.7 Å². The van der Waals surface area contributed by atoms with Crippen LogP contribution in [-0.2, 0) is 4.74 Å². The molecule has 1 atom stereocenters. The van der Waals surface area contributed by atoms with Gasteiger partial charge in [0.2, 0.25) is 0 Å². The average molecular weight is 212 g/mol. The molecule has 2 rings (SSSR count). The molecule has 2 aliphatic rings. The van der Waals surface area contributed by atoms with Gasteiger partial charge in [0.1, 0.15) is 0 Å². The summed E-state index contributed by atoms with van der Waals surface area (Å²) < 4.78 is 5.93. The van der Waals surface area contributed by atoms with Crippen molar-refractivity contribution < 1.29 is 4.74 Å². The van der Waals surface area contributed by atoms with Crippen LogP contribution in [0.15, 0.2) is 0 Å². The highest BCUT2D eigenvalue weighted by atomic mass is 16.5. The van der Waals surface area contributed by atoms with E-state index in [1.807, 2.05) is 0 Å². The first-order valence-corrected chi connectivity index (χ1v) is 6.30. The summed E-state index contributed by atoms with van der Waals surface area (Å²) in [5.41, 5.74) is 5.82. The summed E-state index contributed by atoms with van der Waals surface area (Å²) in [5.74, 6) is 0. The van der Waals surface area contributed by atoms with Gasteiger partial charge < -0.3 is 15.4 Å². The third kappa shape index (κ3) is 2.52. The minimum absolute atomic E-state index is 0.278. The maximum absolute atomic E-state index is 5.93. The summed E-state index contributed by atoms with van der Waals surface area (Å²) in [6.45, 7) is 2.90. The number of nitrogens with zero attached hydrogens (tertiary/aromatic N) is 1. The van der Waals surface area contributed by atoms with Crippen LogP contribution in [0.3, 0.4) is 0 Å². The Kier molecular flexibility index (Phi) is 3.65. The van der Waals surface area contributed by atoms with Crippen LogP contribution in [0, 0.1) is 0 Å². The Bertz CT molecular complexity index is 204. The number of hydrogen-bond acceptors (Lipinski definition) is 3. The van der Waals surface area contributed by atoms with E-state index in [4.69, 9.17) is 10.5 Å². The van der Waals surface area contributed by atoms with Crippen molar-refractivity contribution in [1.29, 1.82) is 0 Å². The van der Waals surface area contributed by atoms with Crippen molar-refractivity contribution in [2.24, 2.45) is 5.73 Å². The lowest BCUT2D eigenvalue weighted by Gasteiger charge is -2.49. The molecule has 0 aromatic rings. The molecule has 0 amide bonds. The Balaban J connectivity index is 1.81. The van der Waals surface area contributed by atoms with Crippen molar-refractivity contribution in [3.05, 3.63) is 0 Å². The quantitative estimate of drug-likeness (QED) is 0.765. The van der Waals surface area contributed by atoms with Gasteiger partial charge in [-0.3, -0.25) is 0 Å². The monoisotopic (exact) mass is 212 g/mol. The van der Waals surface area contributed by atoms with Crippen molar-refractivity contribution in [3.63, 3.8) is 0 Å². The van der Waals surface area contributed by atoms with Gasteiger partial charge >= 0.3 is 0 Å². The fraction of sp³-hybridized carbons (Fsp3) is 1.00. The summed E-state index contributed by atoms with van der Waals surface area (Å²) in [6, 6.07) is 0.727. The number of ether oxygens (including phenoxy) is 1. The van der Waals surface area contributed by atoms with Crippen molar-refractivity contribution >= 4 is 0 Å². The zero-order valence-corrected chi connectivity index (χ0v) is 9.87. The molecule has 0 aromatic heterocycles. The molecule has 3 nitrogen and oxygen atoms in total. The van der Waals surface area contributed by atoms with Gasteiger partial charge in [-0.1, -0.05) is 0 Å². The van der Waals surface area contributed by atoms with Crippen LogP contribution in [0.1, 0.15) is 38.5 Å². The van der Waals surface area contributed by atoms with Crippen molar-refractivity contribution in [2.45, 2.75) is 50.2 Å². The number of nitrogens with two attached hydrogens (primary N) is 1. The molecule has 15 heavy (non-hydrogen) atoms. The SMILES string of the molecule is CN(CCCN)C1CCOC2(CCC2)C1. The second kappa shape index (κ2) is 4.81. The molecule has 0 bridgehead atoms. The molecule has 1 unspecified atom stereocenters. The van der Waals surface area contributed by atoms with E-state index in [1.165, 1.54) is 32.1 Å². The van der Waals surface area contributed by atoms with Crippen molar-refractivity contribution in [1.82, 2.24) is 4.90 Å². The molecular weight excluding hydrogens is 188 g/mol. The highest BCUT2D eigenvalue weighted by Crippen LogP contribution is 2.43. The van der Waals surface area contributed by atoms with Gasteiger partial charge in [0.05, 0.1) is 5.60 Å². The van der Waals surface area contributed by atoms with Crippen LogP contribution in [0.25, 0.3) is 0 Å². The molecule has 1 heterocycles. The van der Waals surface area contributed by atoms with Gasteiger partial charge in [-0.15, -0.1) is 0 Å². The Hall–Kier alpha value is -0.120. The smallest absolute Gasteiger partial charge is 0.0697 e. The standard InChI is InChI=1S/C12H24N2O/c1-14(8-3-7-13)11-4-9-15-12(10-11)5-2-6-12/h11H,2-10,13H2,1H3. The summed E-state index contributed by atoms with van der Waals surface area (Å²) in [7, 11) is 2.23. The van der Waals surface area contributed by atoms with E-state index in [9.17, 15) is 0 Å². The van der Waals surface area contributed by atoms with E-state index in [0.717, 1.165) is 32.2 Å². The largest absolute Gasteiger partial charge is 0.375 e. The van der Waals surface area contributed by atoms with Crippen molar-refractivity contribution in [2.75, 3.05) is 26.7 Å². The molecule has 88 valence electrons. The molecule has 2 N–H and O–H groups in total. The normalized spacial score (nSPS) is 29.4. The van der Waals surface area contributed by atoms with Gasteiger partial charge in [-0.2, -0.15) is 0 Å². The maximum Gasteiger partial charge on any atom is 0.0697 e. The second-order valence-electron chi connectivity index (χ2n) is 5.15. The van der Waals surface area contributed by atoms with E-state index in [2.05, 4.69) is 11.9 Å². The minimum Gasteiger partial charge on any atom is -0.375 e. The van der Waals surface area contributed by atoms with Crippen LogP contribution >= 0.6 is 0 Å². The fourth-order valence-corrected chi connectivity index (χ4v) is 2.82. The average Bonchev–Trinajstić information content (AvgIpc) is 2.24. The van der Waals surface area contributed by atoms with Crippen LogP contribution < -0.4 is 5.73 Å². The third-order valence-corrected chi connectivity index (χ3v) is 4.07. The molecule has 1 aliphatic heterocycles. The van der Waals surface area contributed by atoms with Crippen molar-refractivity contribution in [3.8, 4) is 0 Å². The summed E-state index contributed by atoms with van der Waals surface area (Å²) in [4.78, 5) is 2.48. The summed E-state index contributed by atoms with van der Waals surface area (Å²) in [6.07, 6.45) is 7.49. The first-order chi connectivity index (χ1) is 7.26. The Labute approximate surface area is 93.0 Å². The Morgan fingerprint density at radius 2 is 2.27 bits per heavy atom. The lowest BCUT2D eigenvalue weighted by molar-refractivity contribution is -0.146. The Morgan fingerprint density at radius 1 is 1.47 bits per heavy atom. The summed E-state index contributed by atoms with van der Waals surface area (Å²) >= 11 is 0. The predicted molar refractivity (Wildman–Crippen MR) is 61.9 cm³/mol. The zero-order chi connectivity index (χ0) is 10.7. The van der Waals surface area contributed by atoms with Crippen LogP contribution in [0.4, 0.5) is 0 Å². The molecule has 0 aromatic carbocycles. The van der Waals surface area contributed by atoms with Crippen LogP contribution in [0.5, 0.6) is 0 Å². The van der Waals surface area contributed by atoms with E-state index in [0.29, 0.717) is 0 Å². The third-order valence-electron chi connectivity index (χ3n) is 4.07. The lowest BCUT2D eigenvalue weighted by atomic mass is 9.73. The van der Waals surface area contributed by atoms with E-state index >= 15 is 0 Å². The van der Waals surface area contributed by atoms with Crippen LogP contribution in [0.2, 0.25) is 0 Å². The van der Waals surface area contributed by atoms with Gasteiger partial charge in [0.15, 0.2) is 0 Å². The van der Waals surface area contributed by atoms with Gasteiger partial charge in [0.25, 0.3) is 0 Å². The molecule has 2 fully saturated rings. The van der Waals surface area contributed by atoms with Gasteiger partial charge in [-0.25, -0.2) is 0 Å². The van der Waals surface area contributed by atoms with E-state index in [1.54, 1.807) is 0 Å². The Morgan fingerprint density at radius 3 is 2.87 bits per heavy atom. The molecule has 1 aliphatic carbocycles. The highest BCUT2D eigenvalue weighted by molar-refractivity contribution is 4.96. The number of rotatable bonds is 4. The highest BCUT2D eigenvalue weighted by Gasteiger charge is 2.43. The predicted octanol–water partition coefficient (Wildman–Crippen LogP) is 1.37. The van der Waals surface area contributed by atoms with Gasteiger partial charge in [0, 0.05) is 12.6 Å². The first kappa shape index (κ1) is 11.4. The zero-order valence-electron chi connectivity index (χ0n) is 9.87. The maximum atomic E-state index is 5.93. The molecule has 1 saturated carbocycles. The molecular formula is C12H24N2O. The first-order valence-electron chi connectivity index (χ1n) is 6.30. The molecule has 1 spiro atoms. The van der Waals surface area contributed by atoms with Crippen LogP contribution in [-0.4, -0.2) is 43.3 Å². The molecule has 3 heteroatoms. The fourth-order valence-electron chi connectivity index (χ4n) is 2.82.